The summed E-state index contributed by atoms with van der Waals surface area (Å²) >= 11 is 0. The van der Waals surface area contributed by atoms with E-state index in [0.717, 1.165) is 0 Å². The molecule has 0 bridgehead atoms. The number of carbonyl (C=O) groups excluding carboxylic acids is 2. The van der Waals surface area contributed by atoms with Gasteiger partial charge in [-0.25, -0.2) is 0 Å². The van der Waals surface area contributed by atoms with Crippen molar-refractivity contribution in [3.05, 3.63) is 25.3 Å². The van der Waals surface area contributed by atoms with Gasteiger partial charge in [0, 0.05) is 5.92 Å². The molecule has 0 aliphatic rings. The van der Waals surface area contributed by atoms with Crippen molar-refractivity contribution in [2.75, 3.05) is 13.2 Å². The van der Waals surface area contributed by atoms with Crippen molar-refractivity contribution in [2.24, 2.45) is 11.8 Å². The predicted octanol–water partition coefficient (Wildman–Crippen LogP) is 4.11. The molecule has 25 heavy (non-hydrogen) atoms. The summed E-state index contributed by atoms with van der Waals surface area (Å²) in [5, 5.41) is -0.0245. The van der Waals surface area contributed by atoms with Gasteiger partial charge in [0.25, 0.3) is 0 Å². The highest BCUT2D eigenvalue weighted by Gasteiger charge is 2.44. The Kier molecular flexibility index (Phi) is 9.36. The number of ether oxygens (including phenoxy) is 2. The standard InChI is InChI=1S/C19H34O5Si/c1-10-14(15(11-2)24-25(8,9)19(5,6)7)16(17(20)22-12-3)18(21)23-13-4/h10-11,14-16H,1-2,12-13H2,3-9H3/t14-,15-/m1/s1. The average molecular weight is 371 g/mol. The lowest BCUT2D eigenvalue weighted by Crippen LogP contribution is -2.48. The Morgan fingerprint density at radius 2 is 1.44 bits per heavy atom. The average Bonchev–Trinajstić information content (AvgIpc) is 2.49. The lowest BCUT2D eigenvalue weighted by Gasteiger charge is -2.40. The van der Waals surface area contributed by atoms with E-state index in [-0.39, 0.29) is 18.3 Å². The molecule has 6 heteroatoms. The van der Waals surface area contributed by atoms with Crippen molar-refractivity contribution >= 4 is 20.3 Å². The molecular formula is C19H34O5Si. The van der Waals surface area contributed by atoms with Gasteiger partial charge >= 0.3 is 11.9 Å². The van der Waals surface area contributed by atoms with E-state index >= 15 is 0 Å². The van der Waals surface area contributed by atoms with Crippen molar-refractivity contribution in [1.29, 1.82) is 0 Å². The summed E-state index contributed by atoms with van der Waals surface area (Å²) in [5.74, 6) is -2.98. The zero-order chi connectivity index (χ0) is 19.8. The molecule has 0 radical (unpaired) electrons. The Morgan fingerprint density at radius 1 is 1.00 bits per heavy atom. The minimum atomic E-state index is -2.14. The van der Waals surface area contributed by atoms with Crippen LogP contribution in [0.25, 0.3) is 0 Å². The number of hydrogen-bond donors (Lipinski definition) is 0. The van der Waals surface area contributed by atoms with Crippen LogP contribution in [0.4, 0.5) is 0 Å². The number of hydrogen-bond acceptors (Lipinski definition) is 5. The van der Waals surface area contributed by atoms with Gasteiger partial charge in [-0.3, -0.25) is 9.59 Å². The van der Waals surface area contributed by atoms with Crippen molar-refractivity contribution in [3.63, 3.8) is 0 Å². The smallest absolute Gasteiger partial charge is 0.321 e. The molecule has 0 rings (SSSR count). The van der Waals surface area contributed by atoms with Crippen molar-refractivity contribution in [3.8, 4) is 0 Å². The minimum Gasteiger partial charge on any atom is -0.465 e. The van der Waals surface area contributed by atoms with Crippen LogP contribution in [0.3, 0.4) is 0 Å². The molecule has 0 heterocycles. The van der Waals surface area contributed by atoms with Gasteiger partial charge in [-0.1, -0.05) is 32.9 Å². The maximum absolute atomic E-state index is 12.4. The molecule has 144 valence electrons. The number of rotatable bonds is 10. The molecular weight excluding hydrogens is 336 g/mol. The van der Waals surface area contributed by atoms with Crippen LogP contribution in [-0.2, 0) is 23.5 Å². The molecule has 0 amide bonds. The fourth-order valence-corrected chi connectivity index (χ4v) is 3.42. The summed E-state index contributed by atoms with van der Waals surface area (Å²) in [6.45, 7) is 22.0. The highest BCUT2D eigenvalue weighted by molar-refractivity contribution is 6.74. The van der Waals surface area contributed by atoms with Crippen LogP contribution < -0.4 is 0 Å². The predicted molar refractivity (Wildman–Crippen MR) is 103 cm³/mol. The summed E-state index contributed by atoms with van der Waals surface area (Å²) in [4.78, 5) is 24.8. The summed E-state index contributed by atoms with van der Waals surface area (Å²) in [7, 11) is -2.14. The van der Waals surface area contributed by atoms with Crippen LogP contribution in [-0.4, -0.2) is 39.6 Å². The zero-order valence-electron chi connectivity index (χ0n) is 16.8. The maximum Gasteiger partial charge on any atom is 0.321 e. The Hall–Kier alpha value is -1.40. The molecule has 0 aromatic carbocycles. The molecule has 0 aromatic rings. The van der Waals surface area contributed by atoms with Crippen LogP contribution in [0.15, 0.2) is 25.3 Å². The summed E-state index contributed by atoms with van der Waals surface area (Å²) in [5.41, 5.74) is 0. The van der Waals surface area contributed by atoms with Crippen LogP contribution in [0.5, 0.6) is 0 Å². The molecule has 0 N–H and O–H groups in total. The molecule has 5 nitrogen and oxygen atoms in total. The molecule has 0 saturated carbocycles. The number of esters is 2. The lowest BCUT2D eigenvalue weighted by atomic mass is 9.87. The quantitative estimate of drug-likeness (QED) is 0.251. The molecule has 0 saturated heterocycles. The first-order valence-corrected chi connectivity index (χ1v) is 11.6. The third-order valence-corrected chi connectivity index (χ3v) is 9.06. The normalized spacial score (nSPS) is 14.6. The van der Waals surface area contributed by atoms with Crippen LogP contribution >= 0.6 is 0 Å². The third kappa shape index (κ3) is 6.43. The maximum atomic E-state index is 12.4. The van der Waals surface area contributed by atoms with Gasteiger partial charge in [0.1, 0.15) is 0 Å². The van der Waals surface area contributed by atoms with E-state index < -0.39 is 38.2 Å². The van der Waals surface area contributed by atoms with E-state index in [1.54, 1.807) is 26.0 Å². The fourth-order valence-electron chi connectivity index (χ4n) is 2.14. The van der Waals surface area contributed by atoms with Gasteiger partial charge in [-0.05, 0) is 32.0 Å². The second-order valence-corrected chi connectivity index (χ2v) is 12.1. The molecule has 2 atom stereocenters. The van der Waals surface area contributed by atoms with Gasteiger partial charge in [0.15, 0.2) is 14.2 Å². The van der Waals surface area contributed by atoms with Gasteiger partial charge in [0.2, 0.25) is 0 Å². The van der Waals surface area contributed by atoms with Crippen molar-refractivity contribution in [2.45, 2.75) is 58.9 Å². The summed E-state index contributed by atoms with van der Waals surface area (Å²) < 4.78 is 16.5. The van der Waals surface area contributed by atoms with E-state index in [4.69, 9.17) is 13.9 Å². The first kappa shape index (κ1) is 23.6. The lowest BCUT2D eigenvalue weighted by molar-refractivity contribution is -0.164. The number of carbonyl (C=O) groups is 2. The molecule has 0 aliphatic carbocycles. The molecule has 0 unspecified atom stereocenters. The topological polar surface area (TPSA) is 61.8 Å². The zero-order valence-corrected chi connectivity index (χ0v) is 17.8. The van der Waals surface area contributed by atoms with E-state index in [9.17, 15) is 9.59 Å². The van der Waals surface area contributed by atoms with Gasteiger partial charge < -0.3 is 13.9 Å². The van der Waals surface area contributed by atoms with Crippen molar-refractivity contribution in [1.82, 2.24) is 0 Å². The molecule has 0 aliphatic heterocycles. The van der Waals surface area contributed by atoms with Crippen LogP contribution in [0, 0.1) is 11.8 Å². The third-order valence-electron chi connectivity index (χ3n) is 4.59. The Balaban J connectivity index is 5.74. The van der Waals surface area contributed by atoms with E-state index in [2.05, 4.69) is 47.0 Å². The Bertz CT molecular complexity index is 461. The van der Waals surface area contributed by atoms with Crippen LogP contribution in [0.2, 0.25) is 18.1 Å². The Labute approximate surface area is 153 Å². The van der Waals surface area contributed by atoms with Crippen molar-refractivity contribution < 1.29 is 23.5 Å². The minimum absolute atomic E-state index is 0.0245. The fraction of sp³-hybridized carbons (Fsp3) is 0.684. The van der Waals surface area contributed by atoms with E-state index in [1.807, 2.05) is 0 Å². The monoisotopic (exact) mass is 370 g/mol. The van der Waals surface area contributed by atoms with Crippen LogP contribution in [0.1, 0.15) is 34.6 Å². The van der Waals surface area contributed by atoms with Gasteiger partial charge in [-0.15, -0.1) is 13.2 Å². The second-order valence-electron chi connectivity index (χ2n) is 7.37. The molecule has 0 fully saturated rings. The molecule has 0 spiro atoms. The first-order chi connectivity index (χ1) is 11.5. The summed E-state index contributed by atoms with van der Waals surface area (Å²) in [6, 6.07) is 0. The first-order valence-electron chi connectivity index (χ1n) is 8.73. The van der Waals surface area contributed by atoms with E-state index in [0.29, 0.717) is 0 Å². The largest absolute Gasteiger partial charge is 0.465 e. The highest BCUT2D eigenvalue weighted by atomic mass is 28.4. The SMILES string of the molecule is C=C[C@@H](O[Si](C)(C)C(C)(C)C)[C@@H](C=C)C(C(=O)OCC)C(=O)OCC. The Morgan fingerprint density at radius 3 is 1.72 bits per heavy atom. The molecule has 0 aromatic heterocycles. The highest BCUT2D eigenvalue weighted by Crippen LogP contribution is 2.39. The van der Waals surface area contributed by atoms with Gasteiger partial charge in [0.05, 0.1) is 19.3 Å². The van der Waals surface area contributed by atoms with E-state index in [1.165, 1.54) is 0 Å². The van der Waals surface area contributed by atoms with Gasteiger partial charge in [-0.2, -0.15) is 0 Å². The summed E-state index contributed by atoms with van der Waals surface area (Å²) in [6.07, 6.45) is 2.65. The second kappa shape index (κ2) is 9.92.